The average molecular weight is 329 g/mol. The first kappa shape index (κ1) is 13.8. The minimum absolute atomic E-state index is 0.393. The molecule has 0 aliphatic heterocycles. The molecule has 0 aromatic heterocycles. The van der Waals surface area contributed by atoms with Crippen molar-refractivity contribution >= 4 is 43.2 Å². The van der Waals surface area contributed by atoms with Crippen molar-refractivity contribution in [2.45, 2.75) is 12.2 Å². The van der Waals surface area contributed by atoms with Crippen LogP contribution in [0.4, 0.5) is 5.69 Å². The Bertz CT molecular complexity index is 478. The number of sulfonamides is 1. The Morgan fingerprint density at radius 2 is 2.19 bits per heavy atom. The number of nitrogens with one attached hydrogen (secondary N) is 1. The van der Waals surface area contributed by atoms with E-state index in [1.54, 1.807) is 18.2 Å². The molecule has 0 fully saturated rings. The summed E-state index contributed by atoms with van der Waals surface area (Å²) in [5, 5.41) is 8.45. The maximum Gasteiger partial charge on any atom is 0.237 e. The molecule has 1 aromatic carbocycles. The van der Waals surface area contributed by atoms with E-state index in [0.29, 0.717) is 15.2 Å². The molecule has 0 aliphatic carbocycles. The topological polar surface area (TPSA) is 66.4 Å². The molecule has 0 amide bonds. The molecule has 0 saturated carbocycles. The summed E-state index contributed by atoms with van der Waals surface area (Å²) in [6.07, 6.45) is 0. The van der Waals surface area contributed by atoms with Crippen LogP contribution in [0.5, 0.6) is 0 Å². The molecule has 0 radical (unpaired) electrons. The summed E-state index contributed by atoms with van der Waals surface area (Å²) in [5.74, 6) is 0. The molecule has 0 saturated heterocycles. The second-order valence-corrected chi connectivity index (χ2v) is 6.65. The highest BCUT2D eigenvalue weighted by atomic mass is 79.9. The zero-order valence-electron chi connectivity index (χ0n) is 8.44. The Morgan fingerprint density at radius 3 is 2.69 bits per heavy atom. The minimum atomic E-state index is -3.57. The van der Waals surface area contributed by atoms with E-state index in [4.69, 9.17) is 16.7 Å². The molecule has 7 heteroatoms. The number of aliphatic hydroxyl groups is 1. The lowest BCUT2D eigenvalue weighted by molar-refractivity contribution is 0.296. The number of rotatable bonds is 4. The number of hydrogen-bond donors (Lipinski definition) is 2. The Hall–Kier alpha value is -0.300. The summed E-state index contributed by atoms with van der Waals surface area (Å²) in [7, 11) is -3.57. The van der Waals surface area contributed by atoms with Crippen LogP contribution < -0.4 is 4.72 Å². The van der Waals surface area contributed by atoms with Gasteiger partial charge in [0.1, 0.15) is 5.25 Å². The minimum Gasteiger partial charge on any atom is -0.395 e. The zero-order valence-corrected chi connectivity index (χ0v) is 11.6. The highest BCUT2D eigenvalue weighted by Gasteiger charge is 2.20. The van der Waals surface area contributed by atoms with Gasteiger partial charge in [-0.1, -0.05) is 11.6 Å². The molecule has 0 bridgehead atoms. The molecule has 16 heavy (non-hydrogen) atoms. The van der Waals surface area contributed by atoms with Gasteiger partial charge in [0.25, 0.3) is 0 Å². The molecule has 0 heterocycles. The first-order valence-electron chi connectivity index (χ1n) is 4.44. The van der Waals surface area contributed by atoms with Gasteiger partial charge in [-0.25, -0.2) is 8.42 Å². The van der Waals surface area contributed by atoms with E-state index in [2.05, 4.69) is 20.7 Å². The van der Waals surface area contributed by atoms with Crippen LogP contribution >= 0.6 is 27.5 Å². The molecule has 4 nitrogen and oxygen atoms in total. The fourth-order valence-corrected chi connectivity index (χ4v) is 2.72. The maximum absolute atomic E-state index is 11.6. The van der Waals surface area contributed by atoms with Crippen molar-refractivity contribution in [1.82, 2.24) is 0 Å². The van der Waals surface area contributed by atoms with Gasteiger partial charge in [0.15, 0.2) is 0 Å². The van der Waals surface area contributed by atoms with Gasteiger partial charge in [0.2, 0.25) is 10.0 Å². The van der Waals surface area contributed by atoms with Gasteiger partial charge < -0.3 is 5.11 Å². The molecule has 0 spiro atoms. The van der Waals surface area contributed by atoms with Crippen LogP contribution in [0.25, 0.3) is 0 Å². The molecular weight excluding hydrogens is 318 g/mol. The third kappa shape index (κ3) is 3.35. The molecule has 1 atom stereocenters. The largest absolute Gasteiger partial charge is 0.395 e. The van der Waals surface area contributed by atoms with Gasteiger partial charge in [0, 0.05) is 9.50 Å². The zero-order chi connectivity index (χ0) is 12.3. The van der Waals surface area contributed by atoms with Crippen molar-refractivity contribution < 1.29 is 13.5 Å². The molecule has 0 aliphatic rings. The van der Waals surface area contributed by atoms with E-state index in [1.165, 1.54) is 6.92 Å². The second kappa shape index (κ2) is 5.35. The van der Waals surface area contributed by atoms with Crippen LogP contribution in [0.2, 0.25) is 5.02 Å². The highest BCUT2D eigenvalue weighted by Crippen LogP contribution is 2.27. The average Bonchev–Trinajstić information content (AvgIpc) is 2.21. The van der Waals surface area contributed by atoms with E-state index >= 15 is 0 Å². The summed E-state index contributed by atoms with van der Waals surface area (Å²) >= 11 is 8.93. The van der Waals surface area contributed by atoms with Crippen molar-refractivity contribution in [3.8, 4) is 0 Å². The van der Waals surface area contributed by atoms with Gasteiger partial charge in [-0.2, -0.15) is 0 Å². The van der Waals surface area contributed by atoms with E-state index in [0.717, 1.165) is 0 Å². The summed E-state index contributed by atoms with van der Waals surface area (Å²) in [4.78, 5) is 0. The summed E-state index contributed by atoms with van der Waals surface area (Å²) in [5.41, 5.74) is 0.393. The van der Waals surface area contributed by atoms with Crippen molar-refractivity contribution in [2.24, 2.45) is 0 Å². The first-order valence-corrected chi connectivity index (χ1v) is 7.16. The lowest BCUT2D eigenvalue weighted by Crippen LogP contribution is -2.28. The standard InChI is InChI=1S/C9H11BrClNO3S/c1-6(5-13)16(14,15)12-9-3-2-7(11)4-8(9)10/h2-4,6,12-13H,5H2,1H3. The quantitative estimate of drug-likeness (QED) is 0.890. The van der Waals surface area contributed by atoms with Gasteiger partial charge in [-0.3, -0.25) is 4.72 Å². The van der Waals surface area contributed by atoms with Crippen LogP contribution in [0.1, 0.15) is 6.92 Å². The van der Waals surface area contributed by atoms with Crippen molar-refractivity contribution in [2.75, 3.05) is 11.3 Å². The van der Waals surface area contributed by atoms with Crippen molar-refractivity contribution in [3.63, 3.8) is 0 Å². The number of aliphatic hydroxyl groups excluding tert-OH is 1. The second-order valence-electron chi connectivity index (χ2n) is 3.26. The van der Waals surface area contributed by atoms with Crippen LogP contribution in [0.3, 0.4) is 0 Å². The number of hydrogen-bond acceptors (Lipinski definition) is 3. The normalized spacial score (nSPS) is 13.5. The van der Waals surface area contributed by atoms with Crippen LogP contribution in [0.15, 0.2) is 22.7 Å². The third-order valence-corrected chi connectivity index (χ3v) is 4.57. The van der Waals surface area contributed by atoms with Gasteiger partial charge in [0.05, 0.1) is 12.3 Å². The molecule has 90 valence electrons. The summed E-state index contributed by atoms with van der Waals surface area (Å²) < 4.78 is 26.2. The Morgan fingerprint density at radius 1 is 1.56 bits per heavy atom. The molecule has 1 aromatic rings. The lowest BCUT2D eigenvalue weighted by Gasteiger charge is -2.13. The van der Waals surface area contributed by atoms with Crippen LogP contribution in [-0.4, -0.2) is 25.4 Å². The van der Waals surface area contributed by atoms with Gasteiger partial charge >= 0.3 is 0 Å². The molecule has 1 unspecified atom stereocenters. The molecule has 1 rings (SSSR count). The fraction of sp³-hybridized carbons (Fsp3) is 0.333. The smallest absolute Gasteiger partial charge is 0.237 e. The Balaban J connectivity index is 2.97. The van der Waals surface area contributed by atoms with Crippen molar-refractivity contribution in [3.05, 3.63) is 27.7 Å². The molecular formula is C9H11BrClNO3S. The number of halogens is 2. The van der Waals surface area contributed by atoms with E-state index < -0.39 is 21.9 Å². The predicted molar refractivity (Wildman–Crippen MR) is 68.2 cm³/mol. The van der Waals surface area contributed by atoms with E-state index in [-0.39, 0.29) is 0 Å². The Kier molecular flexibility index (Phi) is 4.61. The highest BCUT2D eigenvalue weighted by molar-refractivity contribution is 9.10. The lowest BCUT2D eigenvalue weighted by atomic mass is 10.3. The maximum atomic E-state index is 11.6. The first-order chi connectivity index (χ1) is 7.36. The van der Waals surface area contributed by atoms with Crippen LogP contribution in [0, 0.1) is 0 Å². The van der Waals surface area contributed by atoms with Crippen LogP contribution in [-0.2, 0) is 10.0 Å². The Labute approximate surface area is 108 Å². The predicted octanol–water partition coefficient (Wildman–Crippen LogP) is 2.22. The monoisotopic (exact) mass is 327 g/mol. The van der Waals surface area contributed by atoms with Crippen molar-refractivity contribution in [1.29, 1.82) is 0 Å². The van der Waals surface area contributed by atoms with E-state index in [1.807, 2.05) is 0 Å². The van der Waals surface area contributed by atoms with Gasteiger partial charge in [-0.15, -0.1) is 0 Å². The van der Waals surface area contributed by atoms with E-state index in [9.17, 15) is 8.42 Å². The number of benzene rings is 1. The van der Waals surface area contributed by atoms with Gasteiger partial charge in [-0.05, 0) is 41.1 Å². The summed E-state index contributed by atoms with van der Waals surface area (Å²) in [6, 6.07) is 4.71. The fourth-order valence-electron chi connectivity index (χ4n) is 0.924. The summed E-state index contributed by atoms with van der Waals surface area (Å²) in [6.45, 7) is 0.993. The SMILES string of the molecule is CC(CO)S(=O)(=O)Nc1ccc(Cl)cc1Br. The third-order valence-electron chi connectivity index (χ3n) is 1.97. The number of anilines is 1. The molecule has 2 N–H and O–H groups in total.